The van der Waals surface area contributed by atoms with Gasteiger partial charge in [0.2, 0.25) is 0 Å². The van der Waals surface area contributed by atoms with E-state index in [1.54, 1.807) is 0 Å². The molecule has 0 spiro atoms. The van der Waals surface area contributed by atoms with Crippen molar-refractivity contribution in [2.75, 3.05) is 5.32 Å². The van der Waals surface area contributed by atoms with Gasteiger partial charge in [-0.15, -0.1) is 0 Å². The molecule has 132 valence electrons. The molecule has 0 saturated carbocycles. The second kappa shape index (κ2) is 7.42. The number of carbonyl (C=O) groups is 1. The first kappa shape index (κ1) is 17.0. The summed E-state index contributed by atoms with van der Waals surface area (Å²) in [6, 6.07) is 25.7. The quantitative estimate of drug-likeness (QED) is 0.510. The number of benzene rings is 3. The predicted octanol–water partition coefficient (Wildman–Crippen LogP) is 5.72. The summed E-state index contributed by atoms with van der Waals surface area (Å²) in [6.45, 7) is 2.11. The molecular weight excluding hydrogens is 332 g/mol. The normalized spacial score (nSPS) is 10.7. The van der Waals surface area contributed by atoms with Gasteiger partial charge in [0.1, 0.15) is 0 Å². The van der Waals surface area contributed by atoms with Crippen LogP contribution in [0.4, 0.5) is 5.69 Å². The summed E-state index contributed by atoms with van der Waals surface area (Å²) >= 11 is 0. The molecule has 4 aromatic rings. The maximum atomic E-state index is 12.6. The van der Waals surface area contributed by atoms with Crippen LogP contribution < -0.4 is 5.32 Å². The van der Waals surface area contributed by atoms with Crippen LogP contribution in [0.2, 0.25) is 0 Å². The lowest BCUT2D eigenvalue weighted by Gasteiger charge is -2.08. The molecule has 0 fully saturated rings. The van der Waals surface area contributed by atoms with Crippen molar-refractivity contribution in [1.29, 1.82) is 0 Å². The third kappa shape index (κ3) is 3.72. The molecule has 1 aromatic heterocycles. The fraction of sp³-hybridized carbons (Fsp3) is 0.0833. The van der Waals surface area contributed by atoms with Crippen molar-refractivity contribution in [2.24, 2.45) is 0 Å². The molecule has 1 N–H and O–H groups in total. The number of carbonyl (C=O) groups excluding carboxylic acids is 1. The number of fused-ring (bicyclic) bond motifs is 1. The van der Waals surface area contributed by atoms with Crippen molar-refractivity contribution in [2.45, 2.75) is 13.3 Å². The second-order valence-electron chi connectivity index (χ2n) is 6.50. The van der Waals surface area contributed by atoms with Gasteiger partial charge in [-0.25, -0.2) is 0 Å². The Balaban J connectivity index is 1.59. The number of rotatable bonds is 4. The smallest absolute Gasteiger partial charge is 0.255 e. The summed E-state index contributed by atoms with van der Waals surface area (Å²) in [7, 11) is 0. The standard InChI is InChI=1S/C24H20N2O/c1-2-17-10-12-22(13-11-17)26-24(27)20-8-5-7-18(14-20)21-15-19-6-3-4-9-23(19)25-16-21/h3-16H,2H2,1H3,(H,26,27). The van der Waals surface area contributed by atoms with Gasteiger partial charge in [-0.3, -0.25) is 9.78 Å². The number of pyridine rings is 1. The van der Waals surface area contributed by atoms with E-state index >= 15 is 0 Å². The lowest BCUT2D eigenvalue weighted by Crippen LogP contribution is -2.11. The molecule has 3 nitrogen and oxygen atoms in total. The van der Waals surface area contributed by atoms with Crippen LogP contribution >= 0.6 is 0 Å². The maximum absolute atomic E-state index is 12.6. The zero-order valence-electron chi connectivity index (χ0n) is 15.1. The number of para-hydroxylation sites is 1. The van der Waals surface area contributed by atoms with E-state index in [1.165, 1.54) is 5.56 Å². The highest BCUT2D eigenvalue weighted by atomic mass is 16.1. The second-order valence-corrected chi connectivity index (χ2v) is 6.50. The van der Waals surface area contributed by atoms with Crippen LogP contribution in [-0.4, -0.2) is 10.9 Å². The van der Waals surface area contributed by atoms with Crippen molar-refractivity contribution in [3.8, 4) is 11.1 Å². The van der Waals surface area contributed by atoms with Crippen molar-refractivity contribution in [3.63, 3.8) is 0 Å². The minimum atomic E-state index is -0.116. The van der Waals surface area contributed by atoms with Gasteiger partial charge < -0.3 is 5.32 Å². The monoisotopic (exact) mass is 352 g/mol. The summed E-state index contributed by atoms with van der Waals surface area (Å²) in [5, 5.41) is 4.05. The molecule has 1 amide bonds. The fourth-order valence-corrected chi connectivity index (χ4v) is 3.10. The molecule has 0 unspecified atom stereocenters. The highest BCUT2D eigenvalue weighted by Crippen LogP contribution is 2.24. The van der Waals surface area contributed by atoms with E-state index in [4.69, 9.17) is 0 Å². The van der Waals surface area contributed by atoms with Gasteiger partial charge in [-0.05, 0) is 53.9 Å². The molecule has 0 bridgehead atoms. The molecular formula is C24H20N2O. The van der Waals surface area contributed by atoms with E-state index in [9.17, 15) is 4.79 Å². The van der Waals surface area contributed by atoms with Gasteiger partial charge in [-0.2, -0.15) is 0 Å². The lowest BCUT2D eigenvalue weighted by atomic mass is 10.0. The molecule has 0 atom stereocenters. The largest absolute Gasteiger partial charge is 0.322 e. The van der Waals surface area contributed by atoms with E-state index in [-0.39, 0.29) is 5.91 Å². The van der Waals surface area contributed by atoms with E-state index < -0.39 is 0 Å². The van der Waals surface area contributed by atoms with Crippen LogP contribution in [0.5, 0.6) is 0 Å². The molecule has 0 aliphatic heterocycles. The first-order valence-corrected chi connectivity index (χ1v) is 9.08. The van der Waals surface area contributed by atoms with Gasteiger partial charge in [0.25, 0.3) is 5.91 Å². The molecule has 3 aromatic carbocycles. The number of anilines is 1. The molecule has 0 aliphatic carbocycles. The van der Waals surface area contributed by atoms with E-state index in [0.717, 1.165) is 34.1 Å². The first-order valence-electron chi connectivity index (χ1n) is 9.08. The third-order valence-electron chi connectivity index (χ3n) is 4.67. The Hall–Kier alpha value is -3.46. The highest BCUT2D eigenvalue weighted by molar-refractivity contribution is 6.05. The van der Waals surface area contributed by atoms with Crippen molar-refractivity contribution >= 4 is 22.5 Å². The summed E-state index contributed by atoms with van der Waals surface area (Å²) in [5.74, 6) is -0.116. The van der Waals surface area contributed by atoms with Crippen LogP contribution in [0.3, 0.4) is 0 Å². The van der Waals surface area contributed by atoms with Gasteiger partial charge >= 0.3 is 0 Å². The average molecular weight is 352 g/mol. The lowest BCUT2D eigenvalue weighted by molar-refractivity contribution is 0.102. The Morgan fingerprint density at radius 2 is 1.70 bits per heavy atom. The van der Waals surface area contributed by atoms with Crippen molar-refractivity contribution in [3.05, 3.63) is 96.2 Å². The van der Waals surface area contributed by atoms with Crippen LogP contribution in [0.25, 0.3) is 22.0 Å². The van der Waals surface area contributed by atoms with Gasteiger partial charge in [0, 0.05) is 28.4 Å². The Morgan fingerprint density at radius 3 is 2.52 bits per heavy atom. The number of amides is 1. The summed E-state index contributed by atoms with van der Waals surface area (Å²) < 4.78 is 0. The molecule has 27 heavy (non-hydrogen) atoms. The minimum Gasteiger partial charge on any atom is -0.322 e. The SMILES string of the molecule is CCc1ccc(NC(=O)c2cccc(-c3cnc4ccccc4c3)c2)cc1. The van der Waals surface area contributed by atoms with E-state index in [2.05, 4.69) is 23.3 Å². The van der Waals surface area contributed by atoms with Crippen LogP contribution in [-0.2, 0) is 6.42 Å². The topological polar surface area (TPSA) is 42.0 Å². The number of hydrogen-bond acceptors (Lipinski definition) is 2. The zero-order valence-corrected chi connectivity index (χ0v) is 15.1. The Labute approximate surface area is 158 Å². The molecule has 0 aliphatic rings. The van der Waals surface area contributed by atoms with Crippen molar-refractivity contribution in [1.82, 2.24) is 4.98 Å². The first-order chi connectivity index (χ1) is 13.2. The number of aryl methyl sites for hydroxylation is 1. The maximum Gasteiger partial charge on any atom is 0.255 e. The number of hydrogen-bond donors (Lipinski definition) is 1. The van der Waals surface area contributed by atoms with Crippen LogP contribution in [0.1, 0.15) is 22.8 Å². The van der Waals surface area contributed by atoms with E-state index in [1.807, 2.05) is 79.0 Å². The number of aromatic nitrogens is 1. The van der Waals surface area contributed by atoms with E-state index in [0.29, 0.717) is 5.56 Å². The van der Waals surface area contributed by atoms with Crippen molar-refractivity contribution < 1.29 is 4.79 Å². The number of nitrogens with zero attached hydrogens (tertiary/aromatic N) is 1. The van der Waals surface area contributed by atoms with Gasteiger partial charge in [0.05, 0.1) is 5.52 Å². The van der Waals surface area contributed by atoms with Crippen LogP contribution in [0, 0.1) is 0 Å². The van der Waals surface area contributed by atoms with Gasteiger partial charge in [0.15, 0.2) is 0 Å². The zero-order chi connectivity index (χ0) is 18.6. The summed E-state index contributed by atoms with van der Waals surface area (Å²) in [5.41, 5.74) is 5.61. The summed E-state index contributed by atoms with van der Waals surface area (Å²) in [6.07, 6.45) is 2.83. The Kier molecular flexibility index (Phi) is 4.67. The third-order valence-corrected chi connectivity index (χ3v) is 4.67. The molecule has 3 heteroatoms. The molecule has 1 heterocycles. The van der Waals surface area contributed by atoms with Crippen LogP contribution in [0.15, 0.2) is 85.1 Å². The Bertz CT molecular complexity index is 1100. The minimum absolute atomic E-state index is 0.116. The Morgan fingerprint density at radius 1 is 0.889 bits per heavy atom. The fourth-order valence-electron chi connectivity index (χ4n) is 3.10. The summed E-state index contributed by atoms with van der Waals surface area (Å²) in [4.78, 5) is 17.2. The van der Waals surface area contributed by atoms with Gasteiger partial charge in [-0.1, -0.05) is 49.4 Å². The predicted molar refractivity (Wildman–Crippen MR) is 111 cm³/mol. The number of nitrogens with one attached hydrogen (secondary N) is 1. The molecule has 0 radical (unpaired) electrons. The highest BCUT2D eigenvalue weighted by Gasteiger charge is 2.08. The average Bonchev–Trinajstić information content (AvgIpc) is 2.74. The molecule has 0 saturated heterocycles. The molecule has 4 rings (SSSR count).